The number of rotatable bonds is 5. The molecule has 0 aliphatic rings. The molecule has 0 aromatic carbocycles. The van der Waals surface area contributed by atoms with E-state index < -0.39 is 0 Å². The molecule has 0 aliphatic heterocycles. The second-order valence-electron chi connectivity index (χ2n) is 6.18. The lowest BCUT2D eigenvalue weighted by atomic mass is 9.91. The van der Waals surface area contributed by atoms with E-state index in [0.717, 1.165) is 18.8 Å². The maximum atomic E-state index is 5.28. The molecule has 0 amide bonds. The summed E-state index contributed by atoms with van der Waals surface area (Å²) in [7, 11) is 1.67. The van der Waals surface area contributed by atoms with E-state index in [1.807, 2.05) is 6.07 Å². The van der Waals surface area contributed by atoms with Crippen LogP contribution in [-0.2, 0) is 12.0 Å². The highest BCUT2D eigenvalue weighted by molar-refractivity contribution is 5.28. The first kappa shape index (κ1) is 15.0. The van der Waals surface area contributed by atoms with Crippen LogP contribution < -0.4 is 10.1 Å². The fraction of sp³-hybridized carbons (Fsp3) is 0.667. The van der Waals surface area contributed by atoms with E-state index in [9.17, 15) is 0 Å². The van der Waals surface area contributed by atoms with Crippen LogP contribution in [0.2, 0.25) is 0 Å². The molecule has 1 aromatic heterocycles. The van der Waals surface area contributed by atoms with Gasteiger partial charge in [0, 0.05) is 18.0 Å². The number of aromatic nitrogens is 1. The van der Waals surface area contributed by atoms with Crippen molar-refractivity contribution in [2.24, 2.45) is 5.92 Å². The van der Waals surface area contributed by atoms with Gasteiger partial charge in [-0.3, -0.25) is 0 Å². The van der Waals surface area contributed by atoms with Gasteiger partial charge in [-0.2, -0.15) is 0 Å². The molecular formula is C15H26N2O. The summed E-state index contributed by atoms with van der Waals surface area (Å²) in [5.74, 6) is 1.36. The van der Waals surface area contributed by atoms with Crippen LogP contribution in [0.5, 0.6) is 5.88 Å². The van der Waals surface area contributed by atoms with Crippen LogP contribution >= 0.6 is 0 Å². The summed E-state index contributed by atoms with van der Waals surface area (Å²) >= 11 is 0. The van der Waals surface area contributed by atoms with Crippen LogP contribution in [0.3, 0.4) is 0 Å². The Labute approximate surface area is 111 Å². The van der Waals surface area contributed by atoms with Crippen molar-refractivity contribution in [2.45, 2.75) is 46.6 Å². The molecule has 3 heteroatoms. The zero-order chi connectivity index (χ0) is 13.8. The summed E-state index contributed by atoms with van der Waals surface area (Å²) < 4.78 is 5.28. The predicted octanol–water partition coefficient (Wildman–Crippen LogP) is 3.13. The SMILES string of the molecule is COc1cc(CNCC(C)C)cc(C(C)(C)C)n1. The quantitative estimate of drug-likeness (QED) is 0.871. The number of nitrogens with one attached hydrogen (secondary N) is 1. The molecule has 0 unspecified atom stereocenters. The van der Waals surface area contributed by atoms with Gasteiger partial charge in [0.05, 0.1) is 12.8 Å². The molecule has 0 fully saturated rings. The first-order valence-corrected chi connectivity index (χ1v) is 6.59. The van der Waals surface area contributed by atoms with Crippen molar-refractivity contribution >= 4 is 0 Å². The van der Waals surface area contributed by atoms with Crippen molar-refractivity contribution in [3.05, 3.63) is 23.4 Å². The summed E-state index contributed by atoms with van der Waals surface area (Å²) in [5, 5.41) is 3.45. The number of hydrogen-bond donors (Lipinski definition) is 1. The Balaban J connectivity index is 2.84. The third-order valence-corrected chi connectivity index (χ3v) is 2.72. The number of methoxy groups -OCH3 is 1. The topological polar surface area (TPSA) is 34.1 Å². The molecule has 1 aromatic rings. The molecule has 1 N–H and O–H groups in total. The lowest BCUT2D eigenvalue weighted by Crippen LogP contribution is -2.20. The highest BCUT2D eigenvalue weighted by Crippen LogP contribution is 2.24. The zero-order valence-corrected chi connectivity index (χ0v) is 12.5. The van der Waals surface area contributed by atoms with Gasteiger partial charge in [-0.15, -0.1) is 0 Å². The monoisotopic (exact) mass is 250 g/mol. The van der Waals surface area contributed by atoms with Gasteiger partial charge in [-0.25, -0.2) is 4.98 Å². The lowest BCUT2D eigenvalue weighted by Gasteiger charge is -2.19. The molecule has 0 radical (unpaired) electrons. The normalized spacial score (nSPS) is 11.9. The summed E-state index contributed by atoms with van der Waals surface area (Å²) in [6.45, 7) is 12.8. The van der Waals surface area contributed by atoms with Gasteiger partial charge in [0.15, 0.2) is 0 Å². The zero-order valence-electron chi connectivity index (χ0n) is 12.5. The molecule has 0 spiro atoms. The van der Waals surface area contributed by atoms with Gasteiger partial charge in [-0.05, 0) is 24.1 Å². The van der Waals surface area contributed by atoms with Crippen molar-refractivity contribution in [3.8, 4) is 5.88 Å². The molecule has 1 rings (SSSR count). The average molecular weight is 250 g/mol. The Morgan fingerprint density at radius 3 is 2.44 bits per heavy atom. The van der Waals surface area contributed by atoms with Gasteiger partial charge in [0.2, 0.25) is 5.88 Å². The molecule has 0 bridgehead atoms. The van der Waals surface area contributed by atoms with Gasteiger partial charge >= 0.3 is 0 Å². The molecule has 3 nitrogen and oxygen atoms in total. The van der Waals surface area contributed by atoms with Gasteiger partial charge in [0.25, 0.3) is 0 Å². The van der Waals surface area contributed by atoms with E-state index in [-0.39, 0.29) is 5.41 Å². The molecule has 18 heavy (non-hydrogen) atoms. The van der Waals surface area contributed by atoms with Crippen LogP contribution in [-0.4, -0.2) is 18.6 Å². The number of hydrogen-bond acceptors (Lipinski definition) is 3. The Morgan fingerprint density at radius 2 is 1.94 bits per heavy atom. The van der Waals surface area contributed by atoms with E-state index in [1.165, 1.54) is 5.56 Å². The van der Waals surface area contributed by atoms with Gasteiger partial charge in [0.1, 0.15) is 0 Å². The fourth-order valence-electron chi connectivity index (χ4n) is 1.66. The second-order valence-corrected chi connectivity index (χ2v) is 6.18. The maximum absolute atomic E-state index is 5.28. The minimum Gasteiger partial charge on any atom is -0.481 e. The molecule has 102 valence electrons. The van der Waals surface area contributed by atoms with Crippen LogP contribution in [0.1, 0.15) is 45.9 Å². The molecule has 1 heterocycles. The van der Waals surface area contributed by atoms with Crippen LogP contribution in [0.25, 0.3) is 0 Å². The van der Waals surface area contributed by atoms with Crippen LogP contribution in [0.4, 0.5) is 0 Å². The second kappa shape index (κ2) is 6.19. The van der Waals surface area contributed by atoms with Crippen molar-refractivity contribution in [1.82, 2.24) is 10.3 Å². The molecule has 0 saturated carbocycles. The predicted molar refractivity (Wildman–Crippen MR) is 76.0 cm³/mol. The first-order valence-electron chi connectivity index (χ1n) is 6.59. The number of nitrogens with zero attached hydrogens (tertiary/aromatic N) is 1. The third kappa shape index (κ3) is 4.65. The average Bonchev–Trinajstić information content (AvgIpc) is 2.27. The number of ether oxygens (including phenoxy) is 1. The Morgan fingerprint density at radius 1 is 1.28 bits per heavy atom. The third-order valence-electron chi connectivity index (χ3n) is 2.72. The minimum atomic E-state index is 0.0430. The molecule has 0 aliphatic carbocycles. The Bertz CT molecular complexity index is 381. The van der Waals surface area contributed by atoms with E-state index in [2.05, 4.69) is 51.0 Å². The summed E-state index contributed by atoms with van der Waals surface area (Å²) in [6.07, 6.45) is 0. The highest BCUT2D eigenvalue weighted by atomic mass is 16.5. The smallest absolute Gasteiger partial charge is 0.213 e. The summed E-state index contributed by atoms with van der Waals surface area (Å²) in [6, 6.07) is 4.17. The minimum absolute atomic E-state index is 0.0430. The highest BCUT2D eigenvalue weighted by Gasteiger charge is 2.17. The Kier molecular flexibility index (Phi) is 5.15. The van der Waals surface area contributed by atoms with E-state index in [4.69, 9.17) is 4.74 Å². The van der Waals surface area contributed by atoms with Crippen molar-refractivity contribution < 1.29 is 4.74 Å². The largest absolute Gasteiger partial charge is 0.481 e. The fourth-order valence-corrected chi connectivity index (χ4v) is 1.66. The van der Waals surface area contributed by atoms with E-state index >= 15 is 0 Å². The summed E-state index contributed by atoms with van der Waals surface area (Å²) in [4.78, 5) is 4.52. The van der Waals surface area contributed by atoms with Gasteiger partial charge < -0.3 is 10.1 Å². The van der Waals surface area contributed by atoms with Crippen molar-refractivity contribution in [2.75, 3.05) is 13.7 Å². The summed E-state index contributed by atoms with van der Waals surface area (Å²) in [5.41, 5.74) is 2.34. The van der Waals surface area contributed by atoms with Crippen LogP contribution in [0.15, 0.2) is 12.1 Å². The molecular weight excluding hydrogens is 224 g/mol. The first-order chi connectivity index (χ1) is 8.32. The van der Waals surface area contributed by atoms with E-state index in [0.29, 0.717) is 11.8 Å². The molecule has 0 saturated heterocycles. The Hall–Kier alpha value is -1.09. The van der Waals surface area contributed by atoms with Crippen molar-refractivity contribution in [1.29, 1.82) is 0 Å². The number of pyridine rings is 1. The lowest BCUT2D eigenvalue weighted by molar-refractivity contribution is 0.390. The van der Waals surface area contributed by atoms with Crippen molar-refractivity contribution in [3.63, 3.8) is 0 Å². The van der Waals surface area contributed by atoms with Crippen LogP contribution in [0, 0.1) is 5.92 Å². The maximum Gasteiger partial charge on any atom is 0.213 e. The molecule has 0 atom stereocenters. The van der Waals surface area contributed by atoms with E-state index in [1.54, 1.807) is 7.11 Å². The van der Waals surface area contributed by atoms with Gasteiger partial charge in [-0.1, -0.05) is 34.6 Å². The standard InChI is InChI=1S/C15H26N2O/c1-11(2)9-16-10-12-7-13(15(3,4)5)17-14(8-12)18-6/h7-8,11,16H,9-10H2,1-6H3.